The van der Waals surface area contributed by atoms with Crippen molar-refractivity contribution in [1.82, 2.24) is 14.2 Å². The highest BCUT2D eigenvalue weighted by atomic mass is 35.5. The maximum absolute atomic E-state index is 13.2. The number of carbonyl (C=O) groups is 1. The number of benzene rings is 1. The summed E-state index contributed by atoms with van der Waals surface area (Å²) in [5.41, 5.74) is 1.09. The lowest BCUT2D eigenvalue weighted by Gasteiger charge is -2.34. The van der Waals surface area contributed by atoms with Crippen molar-refractivity contribution in [3.8, 4) is 5.75 Å². The highest BCUT2D eigenvalue weighted by Crippen LogP contribution is 2.30. The van der Waals surface area contributed by atoms with Crippen LogP contribution in [0.25, 0.3) is 0 Å². The minimum atomic E-state index is -3.62. The Morgan fingerprint density at radius 1 is 1.09 bits per heavy atom. The lowest BCUT2D eigenvalue weighted by molar-refractivity contribution is 0.0698. The minimum Gasteiger partial charge on any atom is -0.495 e. The minimum absolute atomic E-state index is 0.206. The van der Waals surface area contributed by atoms with Gasteiger partial charge in [0.05, 0.1) is 22.7 Å². The summed E-state index contributed by atoms with van der Waals surface area (Å²) in [6.07, 6.45) is 1.60. The van der Waals surface area contributed by atoms with Gasteiger partial charge in [-0.2, -0.15) is 4.31 Å². The number of nitrogens with zero attached hydrogens (tertiary/aromatic N) is 3. The van der Waals surface area contributed by atoms with Gasteiger partial charge in [0.25, 0.3) is 15.9 Å². The van der Waals surface area contributed by atoms with Crippen molar-refractivity contribution in [2.75, 3.05) is 38.6 Å². The summed E-state index contributed by atoms with van der Waals surface area (Å²) >= 11 is 6.92. The first-order valence-electron chi connectivity index (χ1n) is 9.80. The first-order chi connectivity index (χ1) is 15.4. The van der Waals surface area contributed by atoms with Crippen molar-refractivity contribution < 1.29 is 17.9 Å². The maximum Gasteiger partial charge on any atom is 0.257 e. The molecule has 1 N–H and O–H groups in total. The van der Waals surface area contributed by atoms with Crippen LogP contribution < -0.4 is 10.1 Å². The molecule has 1 saturated heterocycles. The van der Waals surface area contributed by atoms with E-state index in [9.17, 15) is 13.2 Å². The monoisotopic (exact) mass is 492 g/mol. The second kappa shape index (κ2) is 9.45. The Hall–Kier alpha value is -2.66. The number of anilines is 2. The first-order valence-corrected chi connectivity index (χ1v) is 12.4. The summed E-state index contributed by atoms with van der Waals surface area (Å²) in [4.78, 5) is 19.2. The van der Waals surface area contributed by atoms with Crippen LogP contribution in [0, 0.1) is 0 Å². The number of hydrogen-bond acceptors (Lipinski definition) is 7. The molecule has 1 amide bonds. The van der Waals surface area contributed by atoms with Crippen molar-refractivity contribution in [1.29, 1.82) is 0 Å². The third kappa shape index (κ3) is 4.58. The van der Waals surface area contributed by atoms with Crippen molar-refractivity contribution in [2.45, 2.75) is 4.21 Å². The molecule has 0 aliphatic carbocycles. The van der Waals surface area contributed by atoms with Gasteiger partial charge < -0.3 is 15.0 Å². The van der Waals surface area contributed by atoms with Gasteiger partial charge in [0, 0.05) is 32.4 Å². The Labute approximate surface area is 195 Å². The smallest absolute Gasteiger partial charge is 0.257 e. The van der Waals surface area contributed by atoms with Crippen molar-refractivity contribution in [3.63, 3.8) is 0 Å². The fourth-order valence-electron chi connectivity index (χ4n) is 3.42. The van der Waals surface area contributed by atoms with Gasteiger partial charge in [-0.05, 0) is 36.4 Å². The van der Waals surface area contributed by atoms with E-state index in [2.05, 4.69) is 10.3 Å². The summed E-state index contributed by atoms with van der Waals surface area (Å²) in [5, 5.41) is 3.17. The van der Waals surface area contributed by atoms with E-state index in [1.54, 1.807) is 36.4 Å². The average Bonchev–Trinajstić information content (AvgIpc) is 3.26. The van der Waals surface area contributed by atoms with Gasteiger partial charge >= 0.3 is 0 Å². The van der Waals surface area contributed by atoms with Gasteiger partial charge in [-0.25, -0.2) is 13.4 Å². The molecule has 11 heteroatoms. The van der Waals surface area contributed by atoms with Crippen LogP contribution in [0.2, 0.25) is 4.34 Å². The lowest BCUT2D eigenvalue weighted by atomic mass is 10.2. The van der Waals surface area contributed by atoms with Gasteiger partial charge in [-0.1, -0.05) is 23.7 Å². The van der Waals surface area contributed by atoms with Crippen LogP contribution in [-0.4, -0.2) is 61.8 Å². The van der Waals surface area contributed by atoms with E-state index in [-0.39, 0.29) is 36.3 Å². The number of thiophene rings is 1. The van der Waals surface area contributed by atoms with Crippen LogP contribution in [-0.2, 0) is 10.0 Å². The van der Waals surface area contributed by atoms with E-state index in [0.717, 1.165) is 11.3 Å². The SMILES string of the molecule is COc1ccccc1Nc1ncccc1C(=O)N1CCN(S(=O)(=O)c2ccc(Cl)s2)CC1. The number of halogens is 1. The average molecular weight is 493 g/mol. The molecule has 168 valence electrons. The third-order valence-corrected chi connectivity index (χ3v) is 8.66. The van der Waals surface area contributed by atoms with Crippen LogP contribution in [0.15, 0.2) is 58.9 Å². The zero-order chi connectivity index (χ0) is 22.7. The van der Waals surface area contributed by atoms with Gasteiger partial charge in [0.15, 0.2) is 0 Å². The number of piperazine rings is 1. The van der Waals surface area contributed by atoms with E-state index in [1.807, 2.05) is 24.3 Å². The molecular formula is C21H21ClN4O4S2. The molecule has 8 nitrogen and oxygen atoms in total. The molecule has 0 atom stereocenters. The van der Waals surface area contributed by atoms with Crippen LogP contribution in [0.5, 0.6) is 5.75 Å². The summed E-state index contributed by atoms with van der Waals surface area (Å²) in [7, 11) is -2.05. The number of amides is 1. The standard InChI is InChI=1S/C21H21ClN4O4S2/c1-30-17-7-3-2-6-16(17)24-20-15(5-4-10-23-20)21(27)25-11-13-26(14-12-25)32(28,29)19-9-8-18(22)31-19/h2-10H,11-14H2,1H3,(H,23,24). The second-order valence-corrected chi connectivity index (χ2v) is 10.9. The molecule has 4 rings (SSSR count). The molecule has 3 aromatic rings. The summed E-state index contributed by atoms with van der Waals surface area (Å²) in [6.45, 7) is 0.971. The topological polar surface area (TPSA) is 91.8 Å². The molecule has 3 heterocycles. The lowest BCUT2D eigenvalue weighted by Crippen LogP contribution is -2.50. The Bertz CT molecular complexity index is 1220. The maximum atomic E-state index is 13.2. The molecule has 0 spiro atoms. The predicted octanol–water partition coefficient (Wildman–Crippen LogP) is 3.70. The number of ether oxygens (including phenoxy) is 1. The third-order valence-electron chi connectivity index (χ3n) is 5.07. The molecule has 32 heavy (non-hydrogen) atoms. The number of rotatable bonds is 6. The van der Waals surface area contributed by atoms with E-state index in [1.165, 1.54) is 10.4 Å². The second-order valence-electron chi connectivity index (χ2n) is 6.98. The number of carbonyl (C=O) groups excluding carboxylic acids is 1. The van der Waals surface area contributed by atoms with E-state index < -0.39 is 10.0 Å². The van der Waals surface area contributed by atoms with Crippen molar-refractivity contribution in [3.05, 3.63) is 64.6 Å². The van der Waals surface area contributed by atoms with E-state index >= 15 is 0 Å². The number of nitrogens with one attached hydrogen (secondary N) is 1. The number of para-hydroxylation sites is 2. The first kappa shape index (κ1) is 22.5. The van der Waals surface area contributed by atoms with Crippen LogP contribution in [0.4, 0.5) is 11.5 Å². The molecule has 1 aliphatic heterocycles. The van der Waals surface area contributed by atoms with Crippen LogP contribution >= 0.6 is 22.9 Å². The Morgan fingerprint density at radius 3 is 2.53 bits per heavy atom. The molecule has 0 radical (unpaired) electrons. The highest BCUT2D eigenvalue weighted by molar-refractivity contribution is 7.91. The largest absolute Gasteiger partial charge is 0.495 e. The number of pyridine rings is 1. The summed E-state index contributed by atoms with van der Waals surface area (Å²) in [5.74, 6) is 0.820. The normalized spacial score (nSPS) is 14.9. The van der Waals surface area contributed by atoms with E-state index in [0.29, 0.717) is 27.2 Å². The van der Waals surface area contributed by atoms with Gasteiger partial charge in [-0.3, -0.25) is 4.79 Å². The number of methoxy groups -OCH3 is 1. The molecule has 1 aromatic carbocycles. The molecular weight excluding hydrogens is 472 g/mol. The fraction of sp³-hybridized carbons (Fsp3) is 0.238. The zero-order valence-electron chi connectivity index (χ0n) is 17.2. The summed E-state index contributed by atoms with van der Waals surface area (Å²) < 4.78 is 33.0. The summed E-state index contributed by atoms with van der Waals surface area (Å²) in [6, 6.07) is 13.8. The number of aromatic nitrogens is 1. The van der Waals surface area contributed by atoms with Crippen LogP contribution in [0.3, 0.4) is 0 Å². The molecule has 1 aliphatic rings. The number of sulfonamides is 1. The van der Waals surface area contributed by atoms with E-state index in [4.69, 9.17) is 16.3 Å². The Balaban J connectivity index is 1.48. The molecule has 2 aromatic heterocycles. The van der Waals surface area contributed by atoms with Crippen molar-refractivity contribution in [2.24, 2.45) is 0 Å². The quantitative estimate of drug-likeness (QED) is 0.564. The van der Waals surface area contributed by atoms with Crippen LogP contribution in [0.1, 0.15) is 10.4 Å². The fourth-order valence-corrected chi connectivity index (χ4v) is 6.48. The Morgan fingerprint density at radius 2 is 1.84 bits per heavy atom. The molecule has 0 bridgehead atoms. The van der Waals surface area contributed by atoms with Crippen molar-refractivity contribution >= 4 is 50.4 Å². The predicted molar refractivity (Wildman–Crippen MR) is 125 cm³/mol. The molecule has 1 fully saturated rings. The number of hydrogen-bond donors (Lipinski definition) is 1. The van der Waals surface area contributed by atoms with Gasteiger partial charge in [-0.15, -0.1) is 11.3 Å². The Kier molecular flexibility index (Phi) is 6.66. The highest BCUT2D eigenvalue weighted by Gasteiger charge is 2.32. The molecule has 0 saturated carbocycles. The van der Waals surface area contributed by atoms with Gasteiger partial charge in [0.1, 0.15) is 15.8 Å². The zero-order valence-corrected chi connectivity index (χ0v) is 19.6. The van der Waals surface area contributed by atoms with Gasteiger partial charge in [0.2, 0.25) is 0 Å². The molecule has 0 unspecified atom stereocenters.